The van der Waals surface area contributed by atoms with Crippen LogP contribution in [0.5, 0.6) is 0 Å². The standard InChI is InChI=1S/C26H32N2/c1-5-27(6-2)25-17-13-23(14-18-25)21-9-11-22(12-10-21)24-15-19-26(20-16-24)28(7-3)8-4/h9-20H,5-8H2,1-4H3. The smallest absolute Gasteiger partial charge is 0.0366 e. The van der Waals surface area contributed by atoms with Gasteiger partial charge in [-0.3, -0.25) is 0 Å². The molecule has 0 saturated carbocycles. The van der Waals surface area contributed by atoms with E-state index in [1.54, 1.807) is 0 Å². The van der Waals surface area contributed by atoms with Crippen LogP contribution in [-0.4, -0.2) is 26.2 Å². The molecule has 2 heteroatoms. The molecule has 28 heavy (non-hydrogen) atoms. The molecule has 0 aliphatic carbocycles. The summed E-state index contributed by atoms with van der Waals surface area (Å²) in [4.78, 5) is 4.74. The molecule has 3 rings (SSSR count). The van der Waals surface area contributed by atoms with Gasteiger partial charge in [-0.1, -0.05) is 48.5 Å². The van der Waals surface area contributed by atoms with Crippen molar-refractivity contribution in [3.8, 4) is 22.3 Å². The summed E-state index contributed by atoms with van der Waals surface area (Å²) < 4.78 is 0. The van der Waals surface area contributed by atoms with Crippen LogP contribution in [0.1, 0.15) is 27.7 Å². The molecule has 0 radical (unpaired) electrons. The predicted octanol–water partition coefficient (Wildman–Crippen LogP) is 6.71. The van der Waals surface area contributed by atoms with Gasteiger partial charge in [0, 0.05) is 37.6 Å². The highest BCUT2D eigenvalue weighted by molar-refractivity contribution is 5.72. The molecule has 3 aromatic rings. The number of hydrogen-bond acceptors (Lipinski definition) is 2. The maximum atomic E-state index is 2.37. The third-order valence-electron chi connectivity index (χ3n) is 5.54. The Labute approximate surface area is 170 Å². The Bertz CT molecular complexity index is 766. The summed E-state index contributed by atoms with van der Waals surface area (Å²) in [6.45, 7) is 13.0. The fourth-order valence-corrected chi connectivity index (χ4v) is 3.76. The van der Waals surface area contributed by atoms with Crippen molar-refractivity contribution in [1.82, 2.24) is 0 Å². The van der Waals surface area contributed by atoms with E-state index in [2.05, 4.69) is 110 Å². The van der Waals surface area contributed by atoms with E-state index in [1.165, 1.54) is 33.6 Å². The maximum Gasteiger partial charge on any atom is 0.0366 e. The van der Waals surface area contributed by atoms with Crippen molar-refractivity contribution in [3.63, 3.8) is 0 Å². The normalized spacial score (nSPS) is 10.7. The lowest BCUT2D eigenvalue weighted by atomic mass is 10.00. The van der Waals surface area contributed by atoms with Crippen LogP contribution >= 0.6 is 0 Å². The molecule has 0 heterocycles. The second kappa shape index (κ2) is 9.45. The Morgan fingerprint density at radius 2 is 0.607 bits per heavy atom. The number of benzene rings is 3. The van der Waals surface area contributed by atoms with E-state index in [0.717, 1.165) is 26.2 Å². The summed E-state index contributed by atoms with van der Waals surface area (Å²) >= 11 is 0. The molecule has 146 valence electrons. The minimum atomic E-state index is 1.04. The Kier molecular flexibility index (Phi) is 6.76. The maximum absolute atomic E-state index is 2.37. The van der Waals surface area contributed by atoms with Crippen molar-refractivity contribution >= 4 is 11.4 Å². The minimum absolute atomic E-state index is 1.04. The van der Waals surface area contributed by atoms with Crippen LogP contribution in [0.15, 0.2) is 72.8 Å². The van der Waals surface area contributed by atoms with Crippen molar-refractivity contribution in [2.45, 2.75) is 27.7 Å². The van der Waals surface area contributed by atoms with E-state index in [9.17, 15) is 0 Å². The second-order valence-electron chi connectivity index (χ2n) is 7.02. The van der Waals surface area contributed by atoms with Crippen LogP contribution < -0.4 is 9.80 Å². The van der Waals surface area contributed by atoms with E-state index in [1.807, 2.05) is 0 Å². The number of rotatable bonds is 8. The third-order valence-corrected chi connectivity index (χ3v) is 5.54. The zero-order valence-corrected chi connectivity index (χ0v) is 17.7. The van der Waals surface area contributed by atoms with Crippen LogP contribution in [-0.2, 0) is 0 Å². The highest BCUT2D eigenvalue weighted by Crippen LogP contribution is 2.28. The van der Waals surface area contributed by atoms with Crippen LogP contribution in [0.25, 0.3) is 22.3 Å². The van der Waals surface area contributed by atoms with Gasteiger partial charge in [0.15, 0.2) is 0 Å². The Morgan fingerprint density at radius 3 is 0.821 bits per heavy atom. The third kappa shape index (κ3) is 4.39. The van der Waals surface area contributed by atoms with Crippen LogP contribution in [0.3, 0.4) is 0 Å². The first kappa shape index (κ1) is 20.0. The molecule has 0 unspecified atom stereocenters. The van der Waals surface area contributed by atoms with Gasteiger partial charge in [0.2, 0.25) is 0 Å². The number of anilines is 2. The molecule has 0 aliphatic heterocycles. The van der Waals surface area contributed by atoms with E-state index in [-0.39, 0.29) is 0 Å². The van der Waals surface area contributed by atoms with Crippen molar-refractivity contribution in [2.75, 3.05) is 36.0 Å². The SMILES string of the molecule is CCN(CC)c1ccc(-c2ccc(-c3ccc(N(CC)CC)cc3)cc2)cc1. The van der Waals surface area contributed by atoms with Gasteiger partial charge in [-0.25, -0.2) is 0 Å². The quantitative estimate of drug-likeness (QED) is 0.433. The van der Waals surface area contributed by atoms with Gasteiger partial charge < -0.3 is 9.80 Å². The molecule has 3 aromatic carbocycles. The Morgan fingerprint density at radius 1 is 0.393 bits per heavy atom. The highest BCUT2D eigenvalue weighted by Gasteiger charge is 2.05. The Balaban J connectivity index is 1.76. The summed E-state index contributed by atoms with van der Waals surface area (Å²) in [5.41, 5.74) is 7.63. The molecule has 0 aromatic heterocycles. The summed E-state index contributed by atoms with van der Waals surface area (Å²) in [6, 6.07) is 26.7. The fraction of sp³-hybridized carbons (Fsp3) is 0.308. The van der Waals surface area contributed by atoms with Crippen LogP contribution in [0, 0.1) is 0 Å². The molecule has 0 saturated heterocycles. The van der Waals surface area contributed by atoms with E-state index >= 15 is 0 Å². The molecule has 0 spiro atoms. The predicted molar refractivity (Wildman–Crippen MR) is 124 cm³/mol. The fourth-order valence-electron chi connectivity index (χ4n) is 3.76. The van der Waals surface area contributed by atoms with Gasteiger partial charge in [0.05, 0.1) is 0 Å². The molecular weight excluding hydrogens is 340 g/mol. The van der Waals surface area contributed by atoms with E-state index in [4.69, 9.17) is 0 Å². The highest BCUT2D eigenvalue weighted by atomic mass is 15.1. The molecule has 0 aliphatic rings. The molecule has 0 N–H and O–H groups in total. The van der Waals surface area contributed by atoms with Gasteiger partial charge in [-0.05, 0) is 74.2 Å². The average molecular weight is 373 g/mol. The molecule has 2 nitrogen and oxygen atoms in total. The first-order valence-corrected chi connectivity index (χ1v) is 10.5. The van der Waals surface area contributed by atoms with Gasteiger partial charge in [0.25, 0.3) is 0 Å². The topological polar surface area (TPSA) is 6.48 Å². The lowest BCUT2D eigenvalue weighted by Gasteiger charge is -2.21. The molecule has 0 atom stereocenters. The first-order chi connectivity index (χ1) is 13.7. The van der Waals surface area contributed by atoms with Crippen molar-refractivity contribution in [2.24, 2.45) is 0 Å². The summed E-state index contributed by atoms with van der Waals surface area (Å²) in [5, 5.41) is 0. The summed E-state index contributed by atoms with van der Waals surface area (Å²) in [7, 11) is 0. The van der Waals surface area contributed by atoms with Gasteiger partial charge in [-0.15, -0.1) is 0 Å². The largest absolute Gasteiger partial charge is 0.372 e. The average Bonchev–Trinajstić information content (AvgIpc) is 2.77. The Hall–Kier alpha value is -2.74. The van der Waals surface area contributed by atoms with E-state index in [0.29, 0.717) is 0 Å². The second-order valence-corrected chi connectivity index (χ2v) is 7.02. The van der Waals surface area contributed by atoms with Crippen molar-refractivity contribution < 1.29 is 0 Å². The van der Waals surface area contributed by atoms with Crippen LogP contribution in [0.4, 0.5) is 11.4 Å². The molecule has 0 bridgehead atoms. The monoisotopic (exact) mass is 372 g/mol. The summed E-state index contributed by atoms with van der Waals surface area (Å²) in [5.74, 6) is 0. The zero-order valence-electron chi connectivity index (χ0n) is 17.7. The number of nitrogens with zero attached hydrogens (tertiary/aromatic N) is 2. The minimum Gasteiger partial charge on any atom is -0.372 e. The molecule has 0 fully saturated rings. The lowest BCUT2D eigenvalue weighted by Crippen LogP contribution is -2.21. The van der Waals surface area contributed by atoms with Crippen molar-refractivity contribution in [1.29, 1.82) is 0 Å². The zero-order chi connectivity index (χ0) is 19.9. The van der Waals surface area contributed by atoms with Crippen LogP contribution in [0.2, 0.25) is 0 Å². The van der Waals surface area contributed by atoms with Gasteiger partial charge in [-0.2, -0.15) is 0 Å². The molecule has 0 amide bonds. The molecular formula is C26H32N2. The first-order valence-electron chi connectivity index (χ1n) is 10.5. The van der Waals surface area contributed by atoms with E-state index < -0.39 is 0 Å². The summed E-state index contributed by atoms with van der Waals surface area (Å²) in [6.07, 6.45) is 0. The van der Waals surface area contributed by atoms with Gasteiger partial charge in [0.1, 0.15) is 0 Å². The van der Waals surface area contributed by atoms with Gasteiger partial charge >= 0.3 is 0 Å². The number of hydrogen-bond donors (Lipinski definition) is 0. The lowest BCUT2D eigenvalue weighted by molar-refractivity contribution is 0.866. The van der Waals surface area contributed by atoms with Crippen molar-refractivity contribution in [3.05, 3.63) is 72.8 Å².